The molecule has 1 atom stereocenters. The molecule has 0 aliphatic heterocycles. The van der Waals surface area contributed by atoms with Gasteiger partial charge in [-0.1, -0.05) is 20.8 Å². The van der Waals surface area contributed by atoms with Crippen molar-refractivity contribution in [3.63, 3.8) is 0 Å². The Morgan fingerprint density at radius 1 is 1.56 bits per heavy atom. The molecule has 0 aromatic carbocycles. The van der Waals surface area contributed by atoms with Gasteiger partial charge in [-0.05, 0) is 12.3 Å². The molecule has 5 nitrogen and oxygen atoms in total. The molecule has 0 bridgehead atoms. The van der Waals surface area contributed by atoms with Gasteiger partial charge in [-0.25, -0.2) is 4.98 Å². The maximum absolute atomic E-state index is 11.6. The molecule has 1 rings (SSSR count). The number of esters is 1. The maximum Gasteiger partial charge on any atom is 0.323 e. The highest BCUT2D eigenvalue weighted by molar-refractivity contribution is 5.75. The molecule has 0 aliphatic carbocycles. The summed E-state index contributed by atoms with van der Waals surface area (Å²) in [4.78, 5) is 15.8. The summed E-state index contributed by atoms with van der Waals surface area (Å²) in [5, 5.41) is 3.24. The standard InChI is InChI=1S/C13H23N3O2/c1-5-6-16-9-14-7-11(16)8-15-12(10(2)3)13(17)18-4/h7,9-10,12,15H,5-6,8H2,1-4H3/t12-/m0/s1. The Balaban J connectivity index is 2.61. The van der Waals surface area contributed by atoms with Crippen LogP contribution in [0.25, 0.3) is 0 Å². The second-order valence-corrected chi connectivity index (χ2v) is 4.70. The van der Waals surface area contributed by atoms with Gasteiger partial charge in [-0.15, -0.1) is 0 Å². The zero-order valence-corrected chi connectivity index (χ0v) is 11.6. The van der Waals surface area contributed by atoms with Crippen LogP contribution < -0.4 is 5.32 Å². The van der Waals surface area contributed by atoms with Gasteiger partial charge in [0.1, 0.15) is 6.04 Å². The Morgan fingerprint density at radius 2 is 2.28 bits per heavy atom. The summed E-state index contributed by atoms with van der Waals surface area (Å²) in [6.45, 7) is 7.69. The average Bonchev–Trinajstić information content (AvgIpc) is 2.77. The van der Waals surface area contributed by atoms with E-state index in [0.29, 0.717) is 6.54 Å². The first-order chi connectivity index (χ1) is 8.60. The lowest BCUT2D eigenvalue weighted by Crippen LogP contribution is -2.41. The second-order valence-electron chi connectivity index (χ2n) is 4.70. The molecule has 1 aromatic heterocycles. The number of imidazole rings is 1. The number of nitrogens with one attached hydrogen (secondary N) is 1. The topological polar surface area (TPSA) is 56.2 Å². The van der Waals surface area contributed by atoms with E-state index in [-0.39, 0.29) is 17.9 Å². The Labute approximate surface area is 109 Å². The van der Waals surface area contributed by atoms with Crippen LogP contribution in [0.5, 0.6) is 0 Å². The maximum atomic E-state index is 11.6. The van der Waals surface area contributed by atoms with Crippen molar-refractivity contribution in [3.05, 3.63) is 18.2 Å². The zero-order chi connectivity index (χ0) is 13.5. The molecule has 102 valence electrons. The molecule has 0 spiro atoms. The molecule has 1 aromatic rings. The summed E-state index contributed by atoms with van der Waals surface area (Å²) < 4.78 is 6.90. The highest BCUT2D eigenvalue weighted by atomic mass is 16.5. The summed E-state index contributed by atoms with van der Waals surface area (Å²) in [5.74, 6) is -0.0217. The van der Waals surface area contributed by atoms with E-state index in [9.17, 15) is 4.79 Å². The molecule has 1 heterocycles. The van der Waals surface area contributed by atoms with Gasteiger partial charge < -0.3 is 9.30 Å². The summed E-state index contributed by atoms with van der Waals surface area (Å²) in [5.41, 5.74) is 1.09. The van der Waals surface area contributed by atoms with E-state index in [2.05, 4.69) is 21.8 Å². The Bertz CT molecular complexity index is 374. The van der Waals surface area contributed by atoms with Crippen molar-refractivity contribution < 1.29 is 9.53 Å². The number of aromatic nitrogens is 2. The quantitative estimate of drug-likeness (QED) is 0.750. The normalized spacial score (nSPS) is 12.7. The van der Waals surface area contributed by atoms with Crippen molar-refractivity contribution in [3.8, 4) is 0 Å². The van der Waals surface area contributed by atoms with Crippen LogP contribution in [0.15, 0.2) is 12.5 Å². The molecule has 18 heavy (non-hydrogen) atoms. The molecular weight excluding hydrogens is 230 g/mol. The number of hydrogen-bond donors (Lipinski definition) is 1. The number of hydrogen-bond acceptors (Lipinski definition) is 4. The van der Waals surface area contributed by atoms with E-state index < -0.39 is 0 Å². The van der Waals surface area contributed by atoms with Gasteiger partial charge in [0.25, 0.3) is 0 Å². The van der Waals surface area contributed by atoms with Crippen molar-refractivity contribution in [1.29, 1.82) is 0 Å². The summed E-state index contributed by atoms with van der Waals surface area (Å²) >= 11 is 0. The number of methoxy groups -OCH3 is 1. The van der Waals surface area contributed by atoms with Gasteiger partial charge in [-0.2, -0.15) is 0 Å². The number of aryl methyl sites for hydroxylation is 1. The zero-order valence-electron chi connectivity index (χ0n) is 11.6. The van der Waals surface area contributed by atoms with Crippen molar-refractivity contribution in [2.24, 2.45) is 5.92 Å². The third-order valence-electron chi connectivity index (χ3n) is 2.89. The van der Waals surface area contributed by atoms with Crippen molar-refractivity contribution in [2.45, 2.75) is 46.3 Å². The first-order valence-electron chi connectivity index (χ1n) is 6.40. The van der Waals surface area contributed by atoms with E-state index in [0.717, 1.165) is 18.7 Å². The van der Waals surface area contributed by atoms with Gasteiger partial charge in [0.2, 0.25) is 0 Å². The van der Waals surface area contributed by atoms with Gasteiger partial charge in [-0.3, -0.25) is 10.1 Å². The molecule has 1 N–H and O–H groups in total. The van der Waals surface area contributed by atoms with Crippen LogP contribution in [-0.4, -0.2) is 28.7 Å². The lowest BCUT2D eigenvalue weighted by atomic mass is 10.0. The molecule has 0 saturated carbocycles. The Hall–Kier alpha value is -1.36. The summed E-state index contributed by atoms with van der Waals surface area (Å²) in [6, 6.07) is -0.278. The molecule has 5 heteroatoms. The number of carbonyl (C=O) groups excluding carboxylic acids is 1. The van der Waals surface area contributed by atoms with Crippen LogP contribution in [0.2, 0.25) is 0 Å². The minimum Gasteiger partial charge on any atom is -0.468 e. The van der Waals surface area contributed by atoms with Crippen LogP contribution in [0.1, 0.15) is 32.9 Å². The lowest BCUT2D eigenvalue weighted by molar-refractivity contribution is -0.144. The van der Waals surface area contributed by atoms with Crippen LogP contribution in [0.3, 0.4) is 0 Å². The molecule has 0 saturated heterocycles. The summed E-state index contributed by atoms with van der Waals surface area (Å²) in [7, 11) is 1.42. The monoisotopic (exact) mass is 253 g/mol. The third-order valence-corrected chi connectivity index (χ3v) is 2.89. The highest BCUT2D eigenvalue weighted by Crippen LogP contribution is 2.06. The molecule has 0 radical (unpaired) electrons. The van der Waals surface area contributed by atoms with Gasteiger partial charge in [0, 0.05) is 19.3 Å². The highest BCUT2D eigenvalue weighted by Gasteiger charge is 2.22. The number of nitrogens with zero attached hydrogens (tertiary/aromatic N) is 2. The first kappa shape index (κ1) is 14.7. The van der Waals surface area contributed by atoms with Gasteiger partial charge in [0.15, 0.2) is 0 Å². The number of carbonyl (C=O) groups is 1. The van der Waals surface area contributed by atoms with Crippen LogP contribution in [0.4, 0.5) is 0 Å². The van der Waals surface area contributed by atoms with Crippen molar-refractivity contribution >= 4 is 5.97 Å². The van der Waals surface area contributed by atoms with Crippen LogP contribution in [-0.2, 0) is 22.6 Å². The minimum absolute atomic E-state index is 0.194. The van der Waals surface area contributed by atoms with Crippen LogP contribution in [0, 0.1) is 5.92 Å². The number of ether oxygens (including phenoxy) is 1. The molecule has 0 aliphatic rings. The van der Waals surface area contributed by atoms with Gasteiger partial charge in [0.05, 0.1) is 19.1 Å². The first-order valence-corrected chi connectivity index (χ1v) is 6.40. The Morgan fingerprint density at radius 3 is 2.83 bits per heavy atom. The lowest BCUT2D eigenvalue weighted by Gasteiger charge is -2.20. The van der Waals surface area contributed by atoms with E-state index in [1.165, 1.54) is 7.11 Å². The fourth-order valence-electron chi connectivity index (χ4n) is 1.87. The SMILES string of the molecule is CCCn1cncc1CN[C@H](C(=O)OC)C(C)C. The smallest absolute Gasteiger partial charge is 0.323 e. The van der Waals surface area contributed by atoms with Crippen LogP contribution >= 0.6 is 0 Å². The molecule has 0 fully saturated rings. The molecular formula is C13H23N3O2. The predicted molar refractivity (Wildman–Crippen MR) is 70.0 cm³/mol. The summed E-state index contributed by atoms with van der Waals surface area (Å²) in [6.07, 6.45) is 4.72. The van der Waals surface area contributed by atoms with Crippen molar-refractivity contribution in [2.75, 3.05) is 7.11 Å². The van der Waals surface area contributed by atoms with Crippen molar-refractivity contribution in [1.82, 2.24) is 14.9 Å². The van der Waals surface area contributed by atoms with E-state index in [1.807, 2.05) is 26.4 Å². The second kappa shape index (κ2) is 7.16. The van der Waals surface area contributed by atoms with E-state index >= 15 is 0 Å². The largest absolute Gasteiger partial charge is 0.468 e. The van der Waals surface area contributed by atoms with Gasteiger partial charge >= 0.3 is 5.97 Å². The molecule has 0 unspecified atom stereocenters. The minimum atomic E-state index is -0.278. The fraction of sp³-hybridized carbons (Fsp3) is 0.692. The number of rotatable bonds is 7. The van der Waals surface area contributed by atoms with E-state index in [4.69, 9.17) is 4.74 Å². The molecule has 0 amide bonds. The Kier molecular flexibility index (Phi) is 5.85. The average molecular weight is 253 g/mol. The predicted octanol–water partition coefficient (Wildman–Crippen LogP) is 1.58. The fourth-order valence-corrected chi connectivity index (χ4v) is 1.87. The third kappa shape index (κ3) is 3.84. The van der Waals surface area contributed by atoms with E-state index in [1.54, 1.807) is 0 Å².